The molecule has 1 rings (SSSR count). The molecular formula is C7H8NO2. The lowest BCUT2D eigenvalue weighted by Gasteiger charge is -1.97. The summed E-state index contributed by atoms with van der Waals surface area (Å²) in [5.41, 5.74) is 1.03. The molecule has 3 nitrogen and oxygen atoms in total. The largest absolute Gasteiger partial charge is 0.505 e. The van der Waals surface area contributed by atoms with Crippen LogP contribution in [0, 0.1) is 13.0 Å². The first-order valence-electron chi connectivity index (χ1n) is 2.91. The number of aromatic nitrogens is 1. The minimum absolute atomic E-state index is 0.00606. The first-order valence-corrected chi connectivity index (χ1v) is 2.91. The van der Waals surface area contributed by atoms with E-state index in [1.807, 2.05) is 0 Å². The second kappa shape index (κ2) is 2.66. The maximum atomic E-state index is 9.00. The van der Waals surface area contributed by atoms with Crippen molar-refractivity contribution >= 4 is 0 Å². The molecule has 0 unspecified atom stereocenters. The topological polar surface area (TPSA) is 53.4 Å². The van der Waals surface area contributed by atoms with E-state index in [0.717, 1.165) is 0 Å². The highest BCUT2D eigenvalue weighted by atomic mass is 16.3. The van der Waals surface area contributed by atoms with Crippen LogP contribution in [0.15, 0.2) is 6.20 Å². The molecule has 0 saturated heterocycles. The molecule has 3 heteroatoms. The Morgan fingerprint density at radius 2 is 2.40 bits per heavy atom. The number of hydrogen-bond donors (Lipinski definition) is 2. The number of rotatable bonds is 1. The quantitative estimate of drug-likeness (QED) is 0.590. The van der Waals surface area contributed by atoms with Gasteiger partial charge in [0, 0.05) is 17.8 Å². The summed E-state index contributed by atoms with van der Waals surface area (Å²) in [6.07, 6.45) is 1.48. The normalized spacial score (nSPS) is 9.80. The monoisotopic (exact) mass is 138 g/mol. The van der Waals surface area contributed by atoms with Gasteiger partial charge in [-0.05, 0) is 6.92 Å². The van der Waals surface area contributed by atoms with Crippen molar-refractivity contribution in [1.29, 1.82) is 0 Å². The number of aliphatic hydroxyl groups excluding tert-OH is 1. The van der Waals surface area contributed by atoms with Gasteiger partial charge in [0.2, 0.25) is 0 Å². The molecular weight excluding hydrogens is 130 g/mol. The molecule has 1 heterocycles. The minimum Gasteiger partial charge on any atom is -0.505 e. The van der Waals surface area contributed by atoms with Crippen LogP contribution in [0.1, 0.15) is 11.3 Å². The second-order valence-corrected chi connectivity index (χ2v) is 2.00. The molecule has 0 amide bonds. The first kappa shape index (κ1) is 7.02. The van der Waals surface area contributed by atoms with E-state index < -0.39 is 0 Å². The van der Waals surface area contributed by atoms with Crippen molar-refractivity contribution in [3.05, 3.63) is 23.5 Å². The number of aromatic hydroxyl groups is 1. The Balaban J connectivity index is 3.04. The van der Waals surface area contributed by atoms with E-state index in [4.69, 9.17) is 10.2 Å². The molecule has 0 saturated carbocycles. The number of hydrogen-bond acceptors (Lipinski definition) is 3. The Hall–Kier alpha value is -1.09. The molecule has 0 atom stereocenters. The third-order valence-corrected chi connectivity index (χ3v) is 1.21. The lowest BCUT2D eigenvalue weighted by atomic mass is 10.2. The lowest BCUT2D eigenvalue weighted by molar-refractivity contribution is 0.280. The van der Waals surface area contributed by atoms with Crippen molar-refractivity contribution < 1.29 is 10.2 Å². The molecule has 0 aliphatic carbocycles. The molecule has 0 aliphatic heterocycles. The van der Waals surface area contributed by atoms with Gasteiger partial charge >= 0.3 is 0 Å². The smallest absolute Gasteiger partial charge is 0.145 e. The Morgan fingerprint density at radius 3 is 2.90 bits per heavy atom. The second-order valence-electron chi connectivity index (χ2n) is 2.00. The molecule has 1 radical (unpaired) electrons. The predicted molar refractivity (Wildman–Crippen MR) is 35.4 cm³/mol. The summed E-state index contributed by atoms with van der Waals surface area (Å²) >= 11 is 0. The van der Waals surface area contributed by atoms with Gasteiger partial charge in [0.1, 0.15) is 5.75 Å². The van der Waals surface area contributed by atoms with Crippen molar-refractivity contribution in [1.82, 2.24) is 4.98 Å². The van der Waals surface area contributed by atoms with Crippen LogP contribution in [0.25, 0.3) is 0 Å². The number of aryl methyl sites for hydroxylation is 1. The van der Waals surface area contributed by atoms with Crippen molar-refractivity contribution in [2.45, 2.75) is 13.5 Å². The van der Waals surface area contributed by atoms with Crippen LogP contribution in [0.4, 0.5) is 0 Å². The van der Waals surface area contributed by atoms with Crippen LogP contribution in [-0.2, 0) is 6.61 Å². The van der Waals surface area contributed by atoms with Gasteiger partial charge in [0.05, 0.1) is 12.3 Å². The summed E-state index contributed by atoms with van der Waals surface area (Å²) in [5, 5.41) is 17.6. The molecule has 0 bridgehead atoms. The highest BCUT2D eigenvalue weighted by Crippen LogP contribution is 2.12. The van der Waals surface area contributed by atoms with E-state index >= 15 is 0 Å². The van der Waals surface area contributed by atoms with Crippen molar-refractivity contribution in [2.24, 2.45) is 0 Å². The van der Waals surface area contributed by atoms with E-state index in [-0.39, 0.29) is 12.4 Å². The first-order chi connectivity index (χ1) is 4.74. The molecule has 2 N–H and O–H groups in total. The third-order valence-electron chi connectivity index (χ3n) is 1.21. The maximum absolute atomic E-state index is 9.00. The van der Waals surface area contributed by atoms with Gasteiger partial charge < -0.3 is 10.2 Å². The fourth-order valence-electron chi connectivity index (χ4n) is 0.591. The van der Waals surface area contributed by atoms with Crippen LogP contribution in [0.5, 0.6) is 5.75 Å². The number of aliphatic hydroxyl groups is 1. The SMILES string of the molecule is Cc1ncc(CO)[c]c1O. The summed E-state index contributed by atoms with van der Waals surface area (Å²) < 4.78 is 0. The van der Waals surface area contributed by atoms with E-state index in [1.165, 1.54) is 6.20 Å². The van der Waals surface area contributed by atoms with Crippen LogP contribution in [-0.4, -0.2) is 15.2 Å². The van der Waals surface area contributed by atoms with Gasteiger partial charge in [0.25, 0.3) is 0 Å². The predicted octanol–water partition coefficient (Wildman–Crippen LogP) is 0.388. The van der Waals surface area contributed by atoms with Gasteiger partial charge in [-0.15, -0.1) is 0 Å². The summed E-state index contributed by atoms with van der Waals surface area (Å²) in [6, 6.07) is 2.57. The molecule has 0 fully saturated rings. The Morgan fingerprint density at radius 1 is 1.70 bits per heavy atom. The van der Waals surface area contributed by atoms with E-state index in [9.17, 15) is 0 Å². The molecule has 1 aromatic heterocycles. The highest BCUT2D eigenvalue weighted by molar-refractivity contribution is 5.26. The van der Waals surface area contributed by atoms with Crippen molar-refractivity contribution in [3.8, 4) is 5.75 Å². The van der Waals surface area contributed by atoms with Gasteiger partial charge in [-0.3, -0.25) is 4.98 Å². The fraction of sp³-hybridized carbons (Fsp3) is 0.286. The van der Waals surface area contributed by atoms with Crippen LogP contribution in [0.3, 0.4) is 0 Å². The summed E-state index contributed by atoms with van der Waals surface area (Å²) in [7, 11) is 0. The van der Waals surface area contributed by atoms with Gasteiger partial charge in [-0.25, -0.2) is 0 Å². The summed E-state index contributed by atoms with van der Waals surface area (Å²) in [4.78, 5) is 3.81. The minimum atomic E-state index is -0.138. The average molecular weight is 138 g/mol. The number of nitrogens with zero attached hydrogens (tertiary/aromatic N) is 1. The maximum Gasteiger partial charge on any atom is 0.145 e. The van der Waals surface area contributed by atoms with E-state index in [0.29, 0.717) is 11.3 Å². The number of pyridine rings is 1. The summed E-state index contributed by atoms with van der Waals surface area (Å²) in [6.45, 7) is 1.54. The molecule has 10 heavy (non-hydrogen) atoms. The molecule has 0 aliphatic rings. The molecule has 0 aromatic carbocycles. The zero-order chi connectivity index (χ0) is 7.56. The van der Waals surface area contributed by atoms with Gasteiger partial charge in [0.15, 0.2) is 0 Å². The van der Waals surface area contributed by atoms with E-state index in [2.05, 4.69) is 11.1 Å². The molecule has 1 aromatic rings. The molecule has 0 spiro atoms. The van der Waals surface area contributed by atoms with Gasteiger partial charge in [-0.2, -0.15) is 0 Å². The third kappa shape index (κ3) is 1.25. The van der Waals surface area contributed by atoms with Crippen LogP contribution < -0.4 is 0 Å². The van der Waals surface area contributed by atoms with Crippen LogP contribution >= 0.6 is 0 Å². The zero-order valence-corrected chi connectivity index (χ0v) is 5.63. The van der Waals surface area contributed by atoms with Crippen molar-refractivity contribution in [3.63, 3.8) is 0 Å². The zero-order valence-electron chi connectivity index (χ0n) is 5.63. The average Bonchev–Trinajstić information content (AvgIpc) is 1.95. The standard InChI is InChI=1S/C7H8NO2/c1-5-7(10)2-6(4-9)3-8-5/h3,9-10H,4H2,1H3. The highest BCUT2D eigenvalue weighted by Gasteiger charge is 1.97. The summed E-state index contributed by atoms with van der Waals surface area (Å²) in [5.74, 6) is 0.00606. The Kier molecular flexibility index (Phi) is 1.87. The Labute approximate surface area is 59.0 Å². The Bertz CT molecular complexity index is 235. The van der Waals surface area contributed by atoms with Gasteiger partial charge in [-0.1, -0.05) is 0 Å². The molecule has 53 valence electrons. The van der Waals surface area contributed by atoms with E-state index in [1.54, 1.807) is 6.92 Å². The fourth-order valence-corrected chi connectivity index (χ4v) is 0.591. The van der Waals surface area contributed by atoms with Crippen LogP contribution in [0.2, 0.25) is 0 Å². The lowest BCUT2D eigenvalue weighted by Crippen LogP contribution is -1.87. The van der Waals surface area contributed by atoms with Crippen molar-refractivity contribution in [2.75, 3.05) is 0 Å².